The summed E-state index contributed by atoms with van der Waals surface area (Å²) in [5.74, 6) is 0.916. The van der Waals surface area contributed by atoms with Crippen LogP contribution in [0.15, 0.2) is 23.4 Å². The molecule has 1 aromatic carbocycles. The van der Waals surface area contributed by atoms with Crippen molar-refractivity contribution in [2.75, 3.05) is 25.3 Å². The number of aromatic nitrogens is 2. The SMILES string of the molecule is COc1cc(OC)c(NC(=O)CSc2nc(C)cc(C)n2)cc1Cl. The van der Waals surface area contributed by atoms with Gasteiger partial charge in [-0.05, 0) is 26.0 Å². The Morgan fingerprint density at radius 2 is 1.75 bits per heavy atom. The molecule has 0 aliphatic heterocycles. The summed E-state index contributed by atoms with van der Waals surface area (Å²) < 4.78 is 10.4. The molecule has 0 saturated heterocycles. The molecule has 0 aliphatic carbocycles. The number of methoxy groups -OCH3 is 2. The van der Waals surface area contributed by atoms with Crippen molar-refractivity contribution < 1.29 is 14.3 Å². The van der Waals surface area contributed by atoms with E-state index in [0.717, 1.165) is 11.4 Å². The Balaban J connectivity index is 2.05. The monoisotopic (exact) mass is 367 g/mol. The molecule has 2 rings (SSSR count). The predicted molar refractivity (Wildman–Crippen MR) is 95.4 cm³/mol. The molecule has 1 heterocycles. The maximum atomic E-state index is 12.2. The van der Waals surface area contributed by atoms with Crippen LogP contribution in [0.1, 0.15) is 11.4 Å². The maximum Gasteiger partial charge on any atom is 0.234 e. The fourth-order valence-electron chi connectivity index (χ4n) is 2.03. The standard InChI is InChI=1S/C16H18ClN3O3S/c1-9-5-10(2)19-16(18-9)24-8-15(21)20-12-6-11(17)13(22-3)7-14(12)23-4/h5-7H,8H2,1-4H3,(H,20,21). The van der Waals surface area contributed by atoms with Gasteiger partial charge in [0.2, 0.25) is 5.91 Å². The number of amides is 1. The van der Waals surface area contributed by atoms with E-state index in [4.69, 9.17) is 21.1 Å². The van der Waals surface area contributed by atoms with Crippen LogP contribution >= 0.6 is 23.4 Å². The van der Waals surface area contributed by atoms with Gasteiger partial charge < -0.3 is 14.8 Å². The van der Waals surface area contributed by atoms with Crippen LogP contribution in [0, 0.1) is 13.8 Å². The quantitative estimate of drug-likeness (QED) is 0.622. The third-order valence-electron chi connectivity index (χ3n) is 3.04. The Labute approximate surface area is 149 Å². The van der Waals surface area contributed by atoms with Crippen LogP contribution in [-0.2, 0) is 4.79 Å². The number of halogens is 1. The third kappa shape index (κ3) is 4.75. The van der Waals surface area contributed by atoms with Gasteiger partial charge in [0.05, 0.1) is 30.7 Å². The zero-order chi connectivity index (χ0) is 17.7. The molecule has 0 spiro atoms. The van der Waals surface area contributed by atoms with E-state index in [0.29, 0.717) is 27.4 Å². The van der Waals surface area contributed by atoms with Gasteiger partial charge in [0.15, 0.2) is 5.16 Å². The van der Waals surface area contributed by atoms with Crippen molar-refractivity contribution in [1.29, 1.82) is 0 Å². The van der Waals surface area contributed by atoms with Gasteiger partial charge in [0, 0.05) is 17.5 Å². The minimum Gasteiger partial charge on any atom is -0.495 e. The average Bonchev–Trinajstić information content (AvgIpc) is 2.52. The van der Waals surface area contributed by atoms with Crippen LogP contribution in [0.3, 0.4) is 0 Å². The summed E-state index contributed by atoms with van der Waals surface area (Å²) in [4.78, 5) is 20.8. The lowest BCUT2D eigenvalue weighted by Gasteiger charge is -2.13. The molecular weight excluding hydrogens is 350 g/mol. The number of carbonyl (C=O) groups excluding carboxylic acids is 1. The topological polar surface area (TPSA) is 73.3 Å². The average molecular weight is 368 g/mol. The van der Waals surface area contributed by atoms with Gasteiger partial charge in [-0.15, -0.1) is 0 Å². The number of nitrogens with one attached hydrogen (secondary N) is 1. The molecule has 0 unspecified atom stereocenters. The van der Waals surface area contributed by atoms with Crippen molar-refractivity contribution in [3.8, 4) is 11.5 Å². The summed E-state index contributed by atoms with van der Waals surface area (Å²) in [6.45, 7) is 3.78. The van der Waals surface area contributed by atoms with Crippen molar-refractivity contribution in [2.45, 2.75) is 19.0 Å². The molecule has 8 heteroatoms. The Bertz CT molecular complexity index is 735. The molecule has 0 bridgehead atoms. The van der Waals surface area contributed by atoms with E-state index >= 15 is 0 Å². The van der Waals surface area contributed by atoms with Crippen LogP contribution in [0.5, 0.6) is 11.5 Å². The molecule has 1 aromatic heterocycles. The number of thioether (sulfide) groups is 1. The second-order valence-corrected chi connectivity index (χ2v) is 6.31. The Hall–Kier alpha value is -1.99. The lowest BCUT2D eigenvalue weighted by Crippen LogP contribution is -2.15. The van der Waals surface area contributed by atoms with Crippen LogP contribution < -0.4 is 14.8 Å². The number of rotatable bonds is 6. The van der Waals surface area contributed by atoms with Crippen molar-refractivity contribution >= 4 is 35.0 Å². The minimum absolute atomic E-state index is 0.176. The van der Waals surface area contributed by atoms with Gasteiger partial charge in [-0.2, -0.15) is 0 Å². The van der Waals surface area contributed by atoms with E-state index in [1.807, 2.05) is 19.9 Å². The number of carbonyl (C=O) groups is 1. The molecular formula is C16H18ClN3O3S. The molecule has 1 amide bonds. The van der Waals surface area contributed by atoms with Crippen molar-refractivity contribution in [3.05, 3.63) is 34.6 Å². The number of nitrogens with zero attached hydrogens (tertiary/aromatic N) is 2. The zero-order valence-electron chi connectivity index (χ0n) is 13.8. The lowest BCUT2D eigenvalue weighted by molar-refractivity contribution is -0.113. The first-order valence-corrected chi connectivity index (χ1v) is 8.45. The Morgan fingerprint density at radius 1 is 1.12 bits per heavy atom. The van der Waals surface area contributed by atoms with Gasteiger partial charge in [-0.1, -0.05) is 23.4 Å². The summed E-state index contributed by atoms with van der Waals surface area (Å²) in [6.07, 6.45) is 0. The molecule has 24 heavy (non-hydrogen) atoms. The summed E-state index contributed by atoms with van der Waals surface area (Å²) in [5.41, 5.74) is 2.22. The fraction of sp³-hybridized carbons (Fsp3) is 0.312. The van der Waals surface area contributed by atoms with E-state index in [1.165, 1.54) is 26.0 Å². The smallest absolute Gasteiger partial charge is 0.234 e. The predicted octanol–water partition coefficient (Wildman–Crippen LogP) is 3.49. The molecule has 0 aliphatic rings. The highest BCUT2D eigenvalue weighted by Crippen LogP contribution is 2.35. The van der Waals surface area contributed by atoms with Crippen molar-refractivity contribution in [3.63, 3.8) is 0 Å². The molecule has 0 radical (unpaired) electrons. The first-order chi connectivity index (χ1) is 11.4. The van der Waals surface area contributed by atoms with Gasteiger partial charge in [-0.25, -0.2) is 9.97 Å². The Kier molecular flexibility index (Phi) is 6.28. The first-order valence-electron chi connectivity index (χ1n) is 7.09. The Morgan fingerprint density at radius 3 is 2.33 bits per heavy atom. The van der Waals surface area contributed by atoms with Gasteiger partial charge in [0.25, 0.3) is 0 Å². The zero-order valence-corrected chi connectivity index (χ0v) is 15.4. The highest BCUT2D eigenvalue weighted by Gasteiger charge is 2.13. The van der Waals surface area contributed by atoms with Crippen LogP contribution in [0.25, 0.3) is 0 Å². The van der Waals surface area contributed by atoms with Crippen LogP contribution in [-0.4, -0.2) is 35.8 Å². The summed E-state index contributed by atoms with van der Waals surface area (Å²) in [5, 5.41) is 3.73. The molecule has 6 nitrogen and oxygen atoms in total. The number of benzene rings is 1. The van der Waals surface area contributed by atoms with Gasteiger partial charge in [-0.3, -0.25) is 4.79 Å². The molecule has 128 valence electrons. The van der Waals surface area contributed by atoms with E-state index in [1.54, 1.807) is 12.1 Å². The second kappa shape index (κ2) is 8.21. The number of anilines is 1. The number of aryl methyl sites for hydroxylation is 2. The number of hydrogen-bond donors (Lipinski definition) is 1. The van der Waals surface area contributed by atoms with E-state index in [2.05, 4.69) is 15.3 Å². The summed E-state index contributed by atoms with van der Waals surface area (Å²) in [7, 11) is 3.02. The van der Waals surface area contributed by atoms with Crippen molar-refractivity contribution in [1.82, 2.24) is 9.97 Å². The van der Waals surface area contributed by atoms with Crippen LogP contribution in [0.4, 0.5) is 5.69 Å². The number of hydrogen-bond acceptors (Lipinski definition) is 6. The minimum atomic E-state index is -0.206. The lowest BCUT2D eigenvalue weighted by atomic mass is 10.2. The van der Waals surface area contributed by atoms with E-state index in [9.17, 15) is 4.79 Å². The molecule has 0 saturated carbocycles. The molecule has 1 N–H and O–H groups in total. The normalized spacial score (nSPS) is 10.4. The molecule has 2 aromatic rings. The first kappa shape index (κ1) is 18.4. The van der Waals surface area contributed by atoms with Gasteiger partial charge >= 0.3 is 0 Å². The number of ether oxygens (including phenoxy) is 2. The highest BCUT2D eigenvalue weighted by molar-refractivity contribution is 7.99. The highest BCUT2D eigenvalue weighted by atomic mass is 35.5. The second-order valence-electron chi connectivity index (χ2n) is 4.96. The third-order valence-corrected chi connectivity index (χ3v) is 4.18. The largest absolute Gasteiger partial charge is 0.495 e. The summed E-state index contributed by atoms with van der Waals surface area (Å²) in [6, 6.07) is 5.10. The summed E-state index contributed by atoms with van der Waals surface area (Å²) >= 11 is 7.36. The molecule has 0 atom stereocenters. The van der Waals surface area contributed by atoms with Crippen molar-refractivity contribution in [2.24, 2.45) is 0 Å². The van der Waals surface area contributed by atoms with Gasteiger partial charge in [0.1, 0.15) is 11.5 Å². The fourth-order valence-corrected chi connectivity index (χ4v) is 3.02. The van der Waals surface area contributed by atoms with E-state index in [-0.39, 0.29) is 11.7 Å². The maximum absolute atomic E-state index is 12.2. The molecule has 0 fully saturated rings. The van der Waals surface area contributed by atoms with Crippen LogP contribution in [0.2, 0.25) is 5.02 Å². The van der Waals surface area contributed by atoms with E-state index < -0.39 is 0 Å².